The van der Waals surface area contributed by atoms with Crippen LogP contribution in [0, 0.1) is 5.92 Å². The second-order valence-electron chi connectivity index (χ2n) is 5.96. The second-order valence-corrected chi connectivity index (χ2v) is 7.39. The first-order valence-corrected chi connectivity index (χ1v) is 9.36. The molecular formula is C17H29NO6S. The third kappa shape index (κ3) is 9.48. The Morgan fingerprint density at radius 3 is 2.12 bits per heavy atom. The van der Waals surface area contributed by atoms with E-state index in [2.05, 4.69) is 5.32 Å². The van der Waals surface area contributed by atoms with Gasteiger partial charge in [0, 0.05) is 11.2 Å². The highest BCUT2D eigenvalue weighted by Crippen LogP contribution is 2.19. The summed E-state index contributed by atoms with van der Waals surface area (Å²) in [5.41, 5.74) is 0. The molecule has 0 fully saturated rings. The molecule has 0 heterocycles. The van der Waals surface area contributed by atoms with Crippen LogP contribution in [-0.4, -0.2) is 47.0 Å². The second kappa shape index (κ2) is 11.9. The zero-order valence-corrected chi connectivity index (χ0v) is 16.6. The zero-order chi connectivity index (χ0) is 19.6. The predicted octanol–water partition coefficient (Wildman–Crippen LogP) is 2.07. The molecule has 3 atom stereocenters. The van der Waals surface area contributed by atoms with E-state index in [1.165, 1.54) is 0 Å². The van der Waals surface area contributed by atoms with Crippen LogP contribution in [0.2, 0.25) is 0 Å². The molecule has 8 heteroatoms. The van der Waals surface area contributed by atoms with Gasteiger partial charge < -0.3 is 14.8 Å². The monoisotopic (exact) mass is 375 g/mol. The zero-order valence-electron chi connectivity index (χ0n) is 15.8. The summed E-state index contributed by atoms with van der Waals surface area (Å²) in [7, 11) is 0. The molecule has 0 aliphatic rings. The summed E-state index contributed by atoms with van der Waals surface area (Å²) in [6.07, 6.45) is -0.0601. The van der Waals surface area contributed by atoms with Gasteiger partial charge in [-0.05, 0) is 27.2 Å². The van der Waals surface area contributed by atoms with Gasteiger partial charge in [0.05, 0.1) is 12.7 Å². The van der Waals surface area contributed by atoms with Crippen molar-refractivity contribution in [3.63, 3.8) is 0 Å². The van der Waals surface area contributed by atoms with Gasteiger partial charge in [0.15, 0.2) is 5.12 Å². The quantitative estimate of drug-likeness (QED) is 0.461. The average Bonchev–Trinajstić information content (AvgIpc) is 2.50. The normalized spacial score (nSPS) is 14.4. The molecule has 1 amide bonds. The van der Waals surface area contributed by atoms with Crippen molar-refractivity contribution in [3.05, 3.63) is 0 Å². The molecule has 0 spiro atoms. The van der Waals surface area contributed by atoms with E-state index < -0.39 is 28.3 Å². The maximum atomic E-state index is 12.1. The topological polar surface area (TPSA) is 98.8 Å². The first-order valence-electron chi connectivity index (χ1n) is 8.48. The van der Waals surface area contributed by atoms with Gasteiger partial charge in [-0.3, -0.25) is 14.4 Å². The van der Waals surface area contributed by atoms with Crippen LogP contribution < -0.4 is 5.32 Å². The Labute approximate surface area is 153 Å². The van der Waals surface area contributed by atoms with Gasteiger partial charge >= 0.3 is 11.9 Å². The number of esters is 2. The first kappa shape index (κ1) is 23.4. The standard InChI is InChI=1S/C17H29NO6S/c1-7-11(5)16(21)18-15(17(22)23-8-2)12(6)25-14(20)9-13(19)24-10(3)4/h10-12,15H,7-9H2,1-6H3,(H,18,21). The van der Waals surface area contributed by atoms with E-state index in [4.69, 9.17) is 9.47 Å². The lowest BCUT2D eigenvalue weighted by molar-refractivity contribution is -0.148. The Morgan fingerprint density at radius 2 is 1.64 bits per heavy atom. The summed E-state index contributed by atoms with van der Waals surface area (Å²) in [6.45, 7) is 10.5. The number of nitrogens with one attached hydrogen (secondary N) is 1. The van der Waals surface area contributed by atoms with Crippen LogP contribution >= 0.6 is 11.8 Å². The van der Waals surface area contributed by atoms with Crippen LogP contribution in [0.1, 0.15) is 54.4 Å². The molecule has 3 unspecified atom stereocenters. The van der Waals surface area contributed by atoms with Crippen molar-refractivity contribution >= 4 is 34.7 Å². The van der Waals surface area contributed by atoms with E-state index in [0.29, 0.717) is 6.42 Å². The highest BCUT2D eigenvalue weighted by atomic mass is 32.2. The smallest absolute Gasteiger partial charge is 0.329 e. The number of hydrogen-bond acceptors (Lipinski definition) is 7. The first-order chi connectivity index (χ1) is 11.6. The number of carbonyl (C=O) groups is 4. The van der Waals surface area contributed by atoms with Crippen LogP contribution in [0.15, 0.2) is 0 Å². The summed E-state index contributed by atoms with van der Waals surface area (Å²) in [5, 5.41) is 1.64. The molecule has 0 bridgehead atoms. The van der Waals surface area contributed by atoms with Gasteiger partial charge in [0.2, 0.25) is 5.91 Å². The van der Waals surface area contributed by atoms with Gasteiger partial charge in [0.25, 0.3) is 0 Å². The Hall–Kier alpha value is -1.57. The van der Waals surface area contributed by atoms with E-state index in [1.807, 2.05) is 6.92 Å². The van der Waals surface area contributed by atoms with Gasteiger partial charge in [-0.25, -0.2) is 4.79 Å². The molecule has 0 aliphatic carbocycles. The maximum absolute atomic E-state index is 12.1. The van der Waals surface area contributed by atoms with Gasteiger partial charge in [-0.15, -0.1) is 0 Å². The summed E-state index contributed by atoms with van der Waals surface area (Å²) >= 11 is 0.823. The number of ether oxygens (including phenoxy) is 2. The van der Waals surface area contributed by atoms with Crippen LogP contribution in [0.4, 0.5) is 0 Å². The highest BCUT2D eigenvalue weighted by molar-refractivity contribution is 8.14. The van der Waals surface area contributed by atoms with Crippen molar-refractivity contribution in [2.45, 2.75) is 71.8 Å². The van der Waals surface area contributed by atoms with Crippen molar-refractivity contribution in [1.29, 1.82) is 0 Å². The van der Waals surface area contributed by atoms with Crippen LogP contribution in [0.5, 0.6) is 0 Å². The molecular weight excluding hydrogens is 346 g/mol. The third-order valence-corrected chi connectivity index (χ3v) is 4.39. The summed E-state index contributed by atoms with van der Waals surface area (Å²) in [4.78, 5) is 47.8. The SMILES string of the molecule is CCOC(=O)C(NC(=O)C(C)CC)C(C)SC(=O)CC(=O)OC(C)C. The Balaban J connectivity index is 4.88. The molecule has 0 radical (unpaired) electrons. The van der Waals surface area contributed by atoms with E-state index >= 15 is 0 Å². The molecule has 0 saturated heterocycles. The largest absolute Gasteiger partial charge is 0.464 e. The van der Waals surface area contributed by atoms with E-state index in [9.17, 15) is 19.2 Å². The average molecular weight is 375 g/mol. The highest BCUT2D eigenvalue weighted by Gasteiger charge is 2.31. The van der Waals surface area contributed by atoms with E-state index in [1.54, 1.807) is 34.6 Å². The van der Waals surface area contributed by atoms with E-state index in [-0.39, 0.29) is 31.0 Å². The van der Waals surface area contributed by atoms with Gasteiger partial charge in [-0.1, -0.05) is 32.5 Å². The van der Waals surface area contributed by atoms with E-state index in [0.717, 1.165) is 11.8 Å². The number of amides is 1. The fourth-order valence-corrected chi connectivity index (χ4v) is 2.75. The van der Waals surface area contributed by atoms with Gasteiger partial charge in [-0.2, -0.15) is 0 Å². The Kier molecular flexibility index (Phi) is 11.1. The molecule has 0 rings (SSSR count). The third-order valence-electron chi connectivity index (χ3n) is 3.34. The molecule has 0 aromatic heterocycles. The van der Waals surface area contributed by atoms with Crippen molar-refractivity contribution in [1.82, 2.24) is 5.32 Å². The predicted molar refractivity (Wildman–Crippen MR) is 95.9 cm³/mol. The lowest BCUT2D eigenvalue weighted by atomic mass is 10.1. The molecule has 0 saturated carbocycles. The van der Waals surface area contributed by atoms with Crippen molar-refractivity contribution < 1.29 is 28.7 Å². The minimum atomic E-state index is -0.962. The van der Waals surface area contributed by atoms with Gasteiger partial charge in [0.1, 0.15) is 12.5 Å². The fraction of sp³-hybridized carbons (Fsp3) is 0.765. The minimum absolute atomic E-state index is 0.167. The molecule has 7 nitrogen and oxygen atoms in total. The van der Waals surface area contributed by atoms with Crippen LogP contribution in [0.25, 0.3) is 0 Å². The van der Waals surface area contributed by atoms with Crippen molar-refractivity contribution in [2.24, 2.45) is 5.92 Å². The molecule has 0 aliphatic heterocycles. The fourth-order valence-electron chi connectivity index (χ4n) is 1.82. The molecule has 0 aromatic carbocycles. The summed E-state index contributed by atoms with van der Waals surface area (Å²) in [5.74, 6) is -1.75. The molecule has 25 heavy (non-hydrogen) atoms. The van der Waals surface area contributed by atoms with Crippen LogP contribution in [0.3, 0.4) is 0 Å². The van der Waals surface area contributed by atoms with Crippen LogP contribution in [-0.2, 0) is 28.7 Å². The number of thioether (sulfide) groups is 1. The minimum Gasteiger partial charge on any atom is -0.464 e. The molecule has 144 valence electrons. The lowest BCUT2D eigenvalue weighted by Crippen LogP contribution is -2.49. The number of rotatable bonds is 10. The van der Waals surface area contributed by atoms with Crippen molar-refractivity contribution in [2.75, 3.05) is 6.61 Å². The number of hydrogen-bond donors (Lipinski definition) is 1. The summed E-state index contributed by atoms with van der Waals surface area (Å²) in [6, 6.07) is -0.962. The lowest BCUT2D eigenvalue weighted by Gasteiger charge is -2.24. The summed E-state index contributed by atoms with van der Waals surface area (Å²) < 4.78 is 9.91. The Morgan fingerprint density at radius 1 is 1.04 bits per heavy atom. The number of carbonyl (C=O) groups excluding carboxylic acids is 4. The van der Waals surface area contributed by atoms with Crippen molar-refractivity contribution in [3.8, 4) is 0 Å². The molecule has 1 N–H and O–H groups in total. The molecule has 0 aromatic rings. The maximum Gasteiger partial charge on any atom is 0.329 e. The Bertz CT molecular complexity index is 480.